The number of rotatable bonds is 7. The summed E-state index contributed by atoms with van der Waals surface area (Å²) in [6.45, 7) is 6.57. The second-order valence-corrected chi connectivity index (χ2v) is 5.08. The van der Waals surface area contributed by atoms with E-state index >= 15 is 0 Å². The van der Waals surface area contributed by atoms with E-state index in [1.807, 2.05) is 46.0 Å². The molecule has 1 aromatic rings. The average Bonchev–Trinajstić information content (AvgIpc) is 2.52. The Morgan fingerprint density at radius 2 is 1.86 bits per heavy atom. The third kappa shape index (κ3) is 4.36. The number of amides is 1. The fourth-order valence-electron chi connectivity index (χ4n) is 2.15. The van der Waals surface area contributed by atoms with Crippen LogP contribution in [0.5, 0.6) is 11.5 Å². The molecule has 1 N–H and O–H groups in total. The molecular formula is C16H26N2O3. The first-order valence-corrected chi connectivity index (χ1v) is 7.17. The highest BCUT2D eigenvalue weighted by molar-refractivity contribution is 5.81. The van der Waals surface area contributed by atoms with Crippen LogP contribution < -0.4 is 14.8 Å². The predicted octanol–water partition coefficient (Wildman–Crippen LogP) is 2.22. The SMILES string of the molecule is CCN(C)C(=O)C(C)NC(C)c1ccc(OC)c(OC)c1. The number of carbonyl (C=O) groups excluding carboxylic acids is 1. The van der Waals surface area contributed by atoms with Crippen molar-refractivity contribution < 1.29 is 14.3 Å². The number of hydrogen-bond donors (Lipinski definition) is 1. The summed E-state index contributed by atoms with van der Waals surface area (Å²) in [6.07, 6.45) is 0. The van der Waals surface area contributed by atoms with Crippen LogP contribution in [0.4, 0.5) is 0 Å². The third-order valence-electron chi connectivity index (χ3n) is 3.63. The summed E-state index contributed by atoms with van der Waals surface area (Å²) >= 11 is 0. The molecule has 0 fully saturated rings. The topological polar surface area (TPSA) is 50.8 Å². The molecule has 2 atom stereocenters. The number of ether oxygens (including phenoxy) is 2. The minimum absolute atomic E-state index is 0.0361. The van der Waals surface area contributed by atoms with E-state index < -0.39 is 0 Å². The number of carbonyl (C=O) groups is 1. The van der Waals surface area contributed by atoms with Crippen LogP contribution in [-0.4, -0.2) is 44.7 Å². The van der Waals surface area contributed by atoms with Gasteiger partial charge in [-0.2, -0.15) is 0 Å². The molecule has 1 rings (SSSR count). The van der Waals surface area contributed by atoms with Gasteiger partial charge in [-0.05, 0) is 38.5 Å². The summed E-state index contributed by atoms with van der Waals surface area (Å²) in [7, 11) is 5.03. The summed E-state index contributed by atoms with van der Waals surface area (Å²) in [6, 6.07) is 5.57. The predicted molar refractivity (Wildman–Crippen MR) is 83.9 cm³/mol. The van der Waals surface area contributed by atoms with Gasteiger partial charge in [-0.15, -0.1) is 0 Å². The van der Waals surface area contributed by atoms with Crippen LogP contribution in [0.25, 0.3) is 0 Å². The highest BCUT2D eigenvalue weighted by Gasteiger charge is 2.19. The zero-order valence-electron chi connectivity index (χ0n) is 13.8. The van der Waals surface area contributed by atoms with Crippen LogP contribution in [0.2, 0.25) is 0 Å². The molecule has 21 heavy (non-hydrogen) atoms. The molecule has 118 valence electrons. The minimum atomic E-state index is -0.238. The molecular weight excluding hydrogens is 268 g/mol. The van der Waals surface area contributed by atoms with E-state index in [9.17, 15) is 4.79 Å². The van der Waals surface area contributed by atoms with Crippen LogP contribution in [-0.2, 0) is 4.79 Å². The van der Waals surface area contributed by atoms with Gasteiger partial charge in [-0.25, -0.2) is 0 Å². The Morgan fingerprint density at radius 1 is 1.24 bits per heavy atom. The third-order valence-corrected chi connectivity index (χ3v) is 3.63. The maximum absolute atomic E-state index is 12.1. The van der Waals surface area contributed by atoms with Crippen molar-refractivity contribution >= 4 is 5.91 Å². The number of nitrogens with one attached hydrogen (secondary N) is 1. The van der Waals surface area contributed by atoms with Crippen LogP contribution in [0, 0.1) is 0 Å². The first-order valence-electron chi connectivity index (χ1n) is 7.17. The van der Waals surface area contributed by atoms with E-state index in [2.05, 4.69) is 5.32 Å². The Hall–Kier alpha value is -1.75. The zero-order valence-corrected chi connectivity index (χ0v) is 13.8. The van der Waals surface area contributed by atoms with Gasteiger partial charge in [0.15, 0.2) is 11.5 Å². The van der Waals surface area contributed by atoms with Gasteiger partial charge in [0.1, 0.15) is 0 Å². The Bertz CT molecular complexity index is 477. The lowest BCUT2D eigenvalue weighted by atomic mass is 10.1. The Balaban J connectivity index is 2.80. The molecule has 1 aromatic carbocycles. The molecule has 0 bridgehead atoms. The van der Waals surface area contributed by atoms with E-state index in [1.54, 1.807) is 19.1 Å². The van der Waals surface area contributed by atoms with E-state index in [-0.39, 0.29) is 18.0 Å². The quantitative estimate of drug-likeness (QED) is 0.838. The highest BCUT2D eigenvalue weighted by atomic mass is 16.5. The average molecular weight is 294 g/mol. The van der Waals surface area contributed by atoms with Gasteiger partial charge in [-0.1, -0.05) is 6.07 Å². The molecule has 0 heterocycles. The fraction of sp³-hybridized carbons (Fsp3) is 0.562. The van der Waals surface area contributed by atoms with Crippen LogP contribution in [0.3, 0.4) is 0 Å². The van der Waals surface area contributed by atoms with Crippen molar-refractivity contribution in [3.8, 4) is 11.5 Å². The molecule has 0 saturated heterocycles. The van der Waals surface area contributed by atoms with Crippen molar-refractivity contribution in [1.29, 1.82) is 0 Å². The Kier molecular flexibility index (Phi) is 6.49. The smallest absolute Gasteiger partial charge is 0.239 e. The molecule has 0 aliphatic heterocycles. The maximum atomic E-state index is 12.1. The Labute approximate surface area is 127 Å². The number of benzene rings is 1. The van der Waals surface area contributed by atoms with Crippen LogP contribution in [0.15, 0.2) is 18.2 Å². The van der Waals surface area contributed by atoms with E-state index in [4.69, 9.17) is 9.47 Å². The summed E-state index contributed by atoms with van der Waals surface area (Å²) in [4.78, 5) is 13.8. The lowest BCUT2D eigenvalue weighted by Gasteiger charge is -2.24. The number of likely N-dealkylation sites (N-methyl/N-ethyl adjacent to an activating group) is 1. The summed E-state index contributed by atoms with van der Waals surface area (Å²) < 4.78 is 10.5. The molecule has 0 saturated carbocycles. The largest absolute Gasteiger partial charge is 0.493 e. The van der Waals surface area contributed by atoms with Crippen molar-refractivity contribution in [2.24, 2.45) is 0 Å². The summed E-state index contributed by atoms with van der Waals surface area (Å²) in [5, 5.41) is 3.31. The second-order valence-electron chi connectivity index (χ2n) is 5.08. The van der Waals surface area contributed by atoms with Gasteiger partial charge in [0.05, 0.1) is 20.3 Å². The van der Waals surface area contributed by atoms with Gasteiger partial charge in [-0.3, -0.25) is 10.1 Å². The number of hydrogen-bond acceptors (Lipinski definition) is 4. The number of methoxy groups -OCH3 is 2. The second kappa shape index (κ2) is 7.88. The van der Waals surface area contributed by atoms with Crippen LogP contribution >= 0.6 is 0 Å². The van der Waals surface area contributed by atoms with Crippen LogP contribution in [0.1, 0.15) is 32.4 Å². The highest BCUT2D eigenvalue weighted by Crippen LogP contribution is 2.29. The van der Waals surface area contributed by atoms with E-state index in [1.165, 1.54) is 0 Å². The van der Waals surface area contributed by atoms with Gasteiger partial charge in [0.2, 0.25) is 5.91 Å². The fourth-order valence-corrected chi connectivity index (χ4v) is 2.15. The molecule has 0 aliphatic carbocycles. The molecule has 1 amide bonds. The molecule has 5 nitrogen and oxygen atoms in total. The lowest BCUT2D eigenvalue weighted by Crippen LogP contribution is -2.43. The molecule has 0 radical (unpaired) electrons. The summed E-state index contributed by atoms with van der Waals surface area (Å²) in [5.74, 6) is 1.47. The van der Waals surface area contributed by atoms with Crippen molar-refractivity contribution in [3.63, 3.8) is 0 Å². The van der Waals surface area contributed by atoms with Gasteiger partial charge >= 0.3 is 0 Å². The molecule has 2 unspecified atom stereocenters. The Morgan fingerprint density at radius 3 is 2.38 bits per heavy atom. The first-order chi connectivity index (χ1) is 9.94. The molecule has 0 spiro atoms. The number of nitrogens with zero attached hydrogens (tertiary/aromatic N) is 1. The van der Waals surface area contributed by atoms with E-state index in [0.717, 1.165) is 5.56 Å². The van der Waals surface area contributed by atoms with Crippen molar-refractivity contribution in [2.45, 2.75) is 32.9 Å². The van der Waals surface area contributed by atoms with Crippen molar-refractivity contribution in [3.05, 3.63) is 23.8 Å². The van der Waals surface area contributed by atoms with Crippen molar-refractivity contribution in [2.75, 3.05) is 27.8 Å². The van der Waals surface area contributed by atoms with E-state index in [0.29, 0.717) is 18.0 Å². The lowest BCUT2D eigenvalue weighted by molar-refractivity contribution is -0.131. The molecule has 5 heteroatoms. The first kappa shape index (κ1) is 17.3. The normalized spacial score (nSPS) is 13.4. The van der Waals surface area contributed by atoms with Gasteiger partial charge in [0.25, 0.3) is 0 Å². The molecule has 0 aromatic heterocycles. The maximum Gasteiger partial charge on any atom is 0.239 e. The monoisotopic (exact) mass is 294 g/mol. The van der Waals surface area contributed by atoms with Crippen molar-refractivity contribution in [1.82, 2.24) is 10.2 Å². The zero-order chi connectivity index (χ0) is 16.0. The minimum Gasteiger partial charge on any atom is -0.493 e. The molecule has 0 aliphatic rings. The standard InChI is InChI=1S/C16H26N2O3/c1-7-18(4)16(19)12(3)17-11(2)13-8-9-14(20-5)15(10-13)21-6/h8-12,17H,7H2,1-6H3. The van der Waals surface area contributed by atoms with Gasteiger partial charge < -0.3 is 14.4 Å². The summed E-state index contributed by atoms with van der Waals surface area (Å²) in [5.41, 5.74) is 1.05. The van der Waals surface area contributed by atoms with Gasteiger partial charge in [0, 0.05) is 19.6 Å².